The molecule has 0 aliphatic rings. The molecule has 10 heteroatoms. The maximum Gasteiger partial charge on any atom is 0.244 e. The summed E-state index contributed by atoms with van der Waals surface area (Å²) in [6.07, 6.45) is 2.81. The number of anilines is 1. The molecule has 0 aromatic heterocycles. The minimum atomic E-state index is -3.76. The zero-order valence-corrected chi connectivity index (χ0v) is 22.4. The van der Waals surface area contributed by atoms with Crippen molar-refractivity contribution in [1.29, 1.82) is 0 Å². The molecule has 2 aromatic carbocycles. The molecular formula is C24H32BrN3O5S. The standard InChI is InChI=1S/C24H32BrN3O5S/c1-5-6-14-26-24(30)18(2)27(16-19-10-12-22(33-3)13-11-19)23(29)17-28(34(4,31)32)21-9-7-8-20(25)15-21/h7-13,15,18H,5-6,14,16-17H2,1-4H3,(H,26,30). The minimum absolute atomic E-state index is 0.140. The highest BCUT2D eigenvalue weighted by atomic mass is 79.9. The highest BCUT2D eigenvalue weighted by Crippen LogP contribution is 2.23. The van der Waals surface area contributed by atoms with Gasteiger partial charge in [0, 0.05) is 17.6 Å². The first kappa shape index (κ1) is 27.7. The Kier molecular flexibility index (Phi) is 10.4. The normalized spacial score (nSPS) is 12.0. The van der Waals surface area contributed by atoms with Crippen molar-refractivity contribution in [2.75, 3.05) is 30.8 Å². The molecule has 2 amide bonds. The van der Waals surface area contributed by atoms with Crippen molar-refractivity contribution in [3.05, 3.63) is 58.6 Å². The molecule has 0 fully saturated rings. The van der Waals surface area contributed by atoms with Gasteiger partial charge in [-0.05, 0) is 49.2 Å². The third-order valence-corrected chi connectivity index (χ3v) is 6.92. The van der Waals surface area contributed by atoms with Gasteiger partial charge in [0.1, 0.15) is 18.3 Å². The molecule has 8 nitrogen and oxygen atoms in total. The van der Waals surface area contributed by atoms with Gasteiger partial charge in [0.05, 0.1) is 19.1 Å². The van der Waals surface area contributed by atoms with E-state index in [0.717, 1.165) is 29.0 Å². The number of amides is 2. The fraction of sp³-hybridized carbons (Fsp3) is 0.417. The van der Waals surface area contributed by atoms with Crippen molar-refractivity contribution in [3.8, 4) is 5.75 Å². The Labute approximate surface area is 210 Å². The van der Waals surface area contributed by atoms with Crippen molar-refractivity contribution in [3.63, 3.8) is 0 Å². The molecule has 2 aromatic rings. The molecule has 2 rings (SSSR count). The maximum atomic E-state index is 13.5. The fourth-order valence-electron chi connectivity index (χ4n) is 3.29. The highest BCUT2D eigenvalue weighted by Gasteiger charge is 2.30. The first-order valence-electron chi connectivity index (χ1n) is 11.0. The van der Waals surface area contributed by atoms with Gasteiger partial charge >= 0.3 is 0 Å². The number of carbonyl (C=O) groups is 2. The first-order valence-corrected chi connectivity index (χ1v) is 13.6. The Morgan fingerprint density at radius 3 is 2.38 bits per heavy atom. The summed E-state index contributed by atoms with van der Waals surface area (Å²) in [6, 6.07) is 13.1. The average molecular weight is 555 g/mol. The van der Waals surface area contributed by atoms with Gasteiger partial charge in [0.25, 0.3) is 0 Å². The van der Waals surface area contributed by atoms with Crippen molar-refractivity contribution < 1.29 is 22.7 Å². The molecular weight excluding hydrogens is 522 g/mol. The number of sulfonamides is 1. The highest BCUT2D eigenvalue weighted by molar-refractivity contribution is 9.10. The third-order valence-electron chi connectivity index (χ3n) is 5.28. The van der Waals surface area contributed by atoms with Crippen LogP contribution in [0.3, 0.4) is 0 Å². The zero-order chi connectivity index (χ0) is 25.3. The Hall–Kier alpha value is -2.59. The number of carbonyl (C=O) groups excluding carboxylic acids is 2. The van der Waals surface area contributed by atoms with E-state index >= 15 is 0 Å². The summed E-state index contributed by atoms with van der Waals surface area (Å²) in [6.45, 7) is 3.89. The first-order chi connectivity index (χ1) is 16.1. The lowest BCUT2D eigenvalue weighted by Crippen LogP contribution is -2.51. The Morgan fingerprint density at radius 2 is 1.82 bits per heavy atom. The molecule has 0 radical (unpaired) electrons. The van der Waals surface area contributed by atoms with Gasteiger partial charge in [-0.1, -0.05) is 47.5 Å². The van der Waals surface area contributed by atoms with Crippen molar-refractivity contribution >= 4 is 43.5 Å². The number of hydrogen-bond acceptors (Lipinski definition) is 5. The van der Waals surface area contributed by atoms with Gasteiger partial charge in [-0.15, -0.1) is 0 Å². The molecule has 0 aliphatic carbocycles. The van der Waals surface area contributed by atoms with Crippen molar-refractivity contribution in [2.24, 2.45) is 0 Å². The maximum absolute atomic E-state index is 13.5. The van der Waals surface area contributed by atoms with E-state index in [-0.39, 0.29) is 12.5 Å². The number of hydrogen-bond donors (Lipinski definition) is 1. The van der Waals surface area contributed by atoms with Crippen LogP contribution in [0.2, 0.25) is 0 Å². The van der Waals surface area contributed by atoms with E-state index in [0.29, 0.717) is 22.5 Å². The lowest BCUT2D eigenvalue weighted by atomic mass is 10.1. The van der Waals surface area contributed by atoms with Crippen LogP contribution in [-0.2, 0) is 26.2 Å². The Morgan fingerprint density at radius 1 is 1.15 bits per heavy atom. The van der Waals surface area contributed by atoms with Gasteiger partial charge in [-0.25, -0.2) is 8.42 Å². The summed E-state index contributed by atoms with van der Waals surface area (Å²) >= 11 is 3.34. The number of nitrogens with zero attached hydrogens (tertiary/aromatic N) is 2. The lowest BCUT2D eigenvalue weighted by Gasteiger charge is -2.31. The predicted molar refractivity (Wildman–Crippen MR) is 137 cm³/mol. The Balaban J connectivity index is 2.34. The molecule has 0 aliphatic heterocycles. The number of nitrogens with one attached hydrogen (secondary N) is 1. The van der Waals surface area contributed by atoms with Crippen LogP contribution in [0.15, 0.2) is 53.0 Å². The lowest BCUT2D eigenvalue weighted by molar-refractivity contribution is -0.139. The molecule has 1 atom stereocenters. The Bertz CT molecular complexity index is 1080. The molecule has 0 spiro atoms. The average Bonchev–Trinajstić information content (AvgIpc) is 2.80. The molecule has 0 heterocycles. The van der Waals surface area contributed by atoms with E-state index in [1.807, 2.05) is 19.1 Å². The van der Waals surface area contributed by atoms with Gasteiger partial charge in [0.15, 0.2) is 0 Å². The number of rotatable bonds is 12. The summed E-state index contributed by atoms with van der Waals surface area (Å²) in [7, 11) is -2.20. The van der Waals surface area contributed by atoms with Crippen LogP contribution >= 0.6 is 15.9 Å². The summed E-state index contributed by atoms with van der Waals surface area (Å²) in [5.74, 6) is -0.104. The second-order valence-electron chi connectivity index (χ2n) is 7.94. The van der Waals surface area contributed by atoms with Gasteiger partial charge in [0.2, 0.25) is 21.8 Å². The number of benzene rings is 2. The van der Waals surface area contributed by atoms with Gasteiger partial charge in [-0.3, -0.25) is 13.9 Å². The van der Waals surface area contributed by atoms with Crippen LogP contribution in [-0.4, -0.2) is 57.6 Å². The number of halogens is 1. The van der Waals surface area contributed by atoms with E-state index in [2.05, 4.69) is 21.2 Å². The molecule has 1 N–H and O–H groups in total. The second kappa shape index (κ2) is 12.8. The topological polar surface area (TPSA) is 96.0 Å². The number of unbranched alkanes of at least 4 members (excludes halogenated alkanes) is 1. The van der Waals surface area contributed by atoms with Crippen LogP contribution in [0.4, 0.5) is 5.69 Å². The van der Waals surface area contributed by atoms with Crippen LogP contribution in [0.25, 0.3) is 0 Å². The second-order valence-corrected chi connectivity index (χ2v) is 10.8. The van der Waals surface area contributed by atoms with E-state index in [4.69, 9.17) is 4.74 Å². The summed E-state index contributed by atoms with van der Waals surface area (Å²) in [5.41, 5.74) is 1.14. The van der Waals surface area contributed by atoms with Crippen LogP contribution in [0.5, 0.6) is 5.75 Å². The molecule has 34 heavy (non-hydrogen) atoms. The number of ether oxygens (including phenoxy) is 1. The SMILES string of the molecule is CCCCNC(=O)C(C)N(Cc1ccc(OC)cc1)C(=O)CN(c1cccc(Br)c1)S(C)(=O)=O. The number of methoxy groups -OCH3 is 1. The minimum Gasteiger partial charge on any atom is -0.497 e. The quantitative estimate of drug-likeness (QED) is 0.405. The molecule has 0 bridgehead atoms. The van der Waals surface area contributed by atoms with E-state index < -0.39 is 28.5 Å². The van der Waals surface area contributed by atoms with Crippen LogP contribution < -0.4 is 14.4 Å². The molecule has 0 saturated carbocycles. The molecule has 1 unspecified atom stereocenters. The third kappa shape index (κ3) is 8.02. The van der Waals surface area contributed by atoms with Crippen molar-refractivity contribution in [1.82, 2.24) is 10.2 Å². The molecule has 186 valence electrons. The van der Waals surface area contributed by atoms with Crippen LogP contribution in [0, 0.1) is 0 Å². The van der Waals surface area contributed by atoms with Crippen LogP contribution in [0.1, 0.15) is 32.3 Å². The van der Waals surface area contributed by atoms with Crippen molar-refractivity contribution in [2.45, 2.75) is 39.3 Å². The largest absolute Gasteiger partial charge is 0.497 e. The fourth-order valence-corrected chi connectivity index (χ4v) is 4.52. The smallest absolute Gasteiger partial charge is 0.244 e. The van der Waals surface area contributed by atoms with Gasteiger partial charge < -0.3 is 15.0 Å². The summed E-state index contributed by atoms with van der Waals surface area (Å²) < 4.78 is 32.0. The zero-order valence-electron chi connectivity index (χ0n) is 20.0. The summed E-state index contributed by atoms with van der Waals surface area (Å²) in [5, 5.41) is 2.85. The van der Waals surface area contributed by atoms with E-state index in [9.17, 15) is 18.0 Å². The monoisotopic (exact) mass is 553 g/mol. The van der Waals surface area contributed by atoms with E-state index in [1.165, 1.54) is 4.90 Å². The molecule has 0 saturated heterocycles. The summed E-state index contributed by atoms with van der Waals surface area (Å²) in [4.78, 5) is 27.7. The van der Waals surface area contributed by atoms with E-state index in [1.54, 1.807) is 50.4 Å². The van der Waals surface area contributed by atoms with Gasteiger partial charge in [-0.2, -0.15) is 0 Å². The predicted octanol–water partition coefficient (Wildman–Crippen LogP) is 3.56.